The van der Waals surface area contributed by atoms with Crippen molar-refractivity contribution in [1.82, 2.24) is 31.2 Å². The number of hydrogen-bond donors (Lipinski definition) is 8. The van der Waals surface area contributed by atoms with Crippen LogP contribution in [-0.4, -0.2) is 86.3 Å². The molecule has 1 aliphatic heterocycles. The number of aliphatic hydroxyl groups is 1. The zero-order valence-corrected chi connectivity index (χ0v) is 19.4. The van der Waals surface area contributed by atoms with Crippen molar-refractivity contribution >= 4 is 23.7 Å². The monoisotopic (exact) mass is 502 g/mol. The van der Waals surface area contributed by atoms with Crippen LogP contribution in [0.25, 0.3) is 0 Å². The van der Waals surface area contributed by atoms with E-state index < -0.39 is 54.5 Å². The number of aromatic hydroxyl groups is 1. The number of amides is 3. The van der Waals surface area contributed by atoms with Crippen molar-refractivity contribution in [2.75, 3.05) is 13.2 Å². The molecule has 0 spiro atoms. The van der Waals surface area contributed by atoms with Crippen LogP contribution in [0.1, 0.15) is 24.1 Å². The number of nitrogens with zero attached hydrogens (tertiary/aromatic N) is 1. The topological polar surface area (TPSA) is 206 Å². The summed E-state index contributed by atoms with van der Waals surface area (Å²) in [6, 6.07) is 1.61. The molecule has 1 aromatic carbocycles. The van der Waals surface area contributed by atoms with Gasteiger partial charge in [-0.2, -0.15) is 0 Å². The quantitative estimate of drug-likeness (QED) is 0.164. The number of aliphatic carboxylic acids is 1. The lowest BCUT2D eigenvalue weighted by Crippen LogP contribution is -2.58. The number of carboxylic acid groups (broad SMARTS) is 1. The number of carbonyl (C=O) groups is 4. The third-order valence-corrected chi connectivity index (χ3v) is 5.79. The van der Waals surface area contributed by atoms with Crippen LogP contribution in [0.3, 0.4) is 0 Å². The molecule has 8 N–H and O–H groups in total. The van der Waals surface area contributed by atoms with Gasteiger partial charge in [0.2, 0.25) is 17.7 Å². The van der Waals surface area contributed by atoms with E-state index in [1.807, 2.05) is 0 Å². The number of aromatic amines is 1. The summed E-state index contributed by atoms with van der Waals surface area (Å²) in [5.74, 6) is -3.28. The number of carbonyl (C=O) groups excluding carboxylic acids is 3. The van der Waals surface area contributed by atoms with Gasteiger partial charge in [-0.05, 0) is 37.1 Å². The van der Waals surface area contributed by atoms with Gasteiger partial charge in [0.25, 0.3) is 0 Å². The van der Waals surface area contributed by atoms with Gasteiger partial charge in [-0.3, -0.25) is 14.4 Å². The number of carboxylic acids is 1. The van der Waals surface area contributed by atoms with Crippen LogP contribution in [0.2, 0.25) is 0 Å². The fourth-order valence-electron chi connectivity index (χ4n) is 3.81. The van der Waals surface area contributed by atoms with Crippen molar-refractivity contribution in [3.63, 3.8) is 0 Å². The molecule has 1 fully saturated rings. The highest BCUT2D eigenvalue weighted by atomic mass is 16.4. The molecule has 0 radical (unpaired) electrons. The number of H-pyrrole nitrogens is 1. The molecule has 3 amide bonds. The number of nitrogens with one attached hydrogen (secondary N) is 5. The van der Waals surface area contributed by atoms with E-state index in [-0.39, 0.29) is 18.6 Å². The summed E-state index contributed by atoms with van der Waals surface area (Å²) in [4.78, 5) is 56.8. The minimum absolute atomic E-state index is 0.0119. The Bertz CT molecular complexity index is 1040. The number of phenolic OH excluding ortho intramolecular Hbond substituents is 1. The number of imidazole rings is 1. The minimum atomic E-state index is -1.31. The van der Waals surface area contributed by atoms with Crippen LogP contribution in [-0.2, 0) is 32.0 Å². The lowest BCUT2D eigenvalue weighted by Gasteiger charge is -2.24. The molecule has 0 aliphatic carbocycles. The molecule has 3 rings (SSSR count). The molecule has 1 saturated heterocycles. The second-order valence-corrected chi connectivity index (χ2v) is 8.50. The van der Waals surface area contributed by atoms with Gasteiger partial charge < -0.3 is 41.6 Å². The van der Waals surface area contributed by atoms with Crippen LogP contribution in [0.15, 0.2) is 36.8 Å². The maximum absolute atomic E-state index is 13.1. The zero-order chi connectivity index (χ0) is 26.1. The molecule has 0 saturated carbocycles. The Labute approximate surface area is 206 Å². The third-order valence-electron chi connectivity index (χ3n) is 5.79. The first-order valence-electron chi connectivity index (χ1n) is 11.5. The molecule has 1 aliphatic rings. The molecule has 4 unspecified atom stereocenters. The third kappa shape index (κ3) is 7.52. The first-order valence-corrected chi connectivity index (χ1v) is 11.5. The van der Waals surface area contributed by atoms with Gasteiger partial charge in [0.15, 0.2) is 0 Å². The molecule has 1 aromatic heterocycles. The Hall–Kier alpha value is -3.97. The predicted octanol–water partition coefficient (Wildman–Crippen LogP) is -1.82. The molecule has 4 atom stereocenters. The maximum atomic E-state index is 13.1. The van der Waals surface area contributed by atoms with Crippen LogP contribution >= 0.6 is 0 Å². The fraction of sp³-hybridized carbons (Fsp3) is 0.435. The van der Waals surface area contributed by atoms with E-state index in [9.17, 15) is 34.5 Å². The Balaban J connectivity index is 1.73. The standard InChI is InChI=1S/C23H30N6O7/c30-11-19(29-20(32)16-2-1-7-25-16)22(34)27-17(8-13-3-5-15(31)6-4-13)21(33)28-18(23(35)36)9-14-10-24-12-26-14/h3-6,10,12,16-19,25,30-31H,1-2,7-9,11H2,(H,24,26)(H,27,34)(H,28,33)(H,29,32)(H,35,36). The van der Waals surface area contributed by atoms with E-state index in [4.69, 9.17) is 0 Å². The normalized spacial score (nSPS) is 17.5. The van der Waals surface area contributed by atoms with Gasteiger partial charge in [0.1, 0.15) is 23.9 Å². The molecular weight excluding hydrogens is 472 g/mol. The lowest BCUT2D eigenvalue weighted by molar-refractivity contribution is -0.142. The predicted molar refractivity (Wildman–Crippen MR) is 126 cm³/mol. The summed E-state index contributed by atoms with van der Waals surface area (Å²) >= 11 is 0. The van der Waals surface area contributed by atoms with E-state index in [2.05, 4.69) is 31.2 Å². The minimum Gasteiger partial charge on any atom is -0.508 e. The van der Waals surface area contributed by atoms with Gasteiger partial charge in [-0.1, -0.05) is 12.1 Å². The largest absolute Gasteiger partial charge is 0.508 e. The van der Waals surface area contributed by atoms with E-state index in [0.29, 0.717) is 24.2 Å². The summed E-state index contributed by atoms with van der Waals surface area (Å²) < 4.78 is 0. The van der Waals surface area contributed by atoms with E-state index in [0.717, 1.165) is 6.42 Å². The zero-order valence-electron chi connectivity index (χ0n) is 19.4. The summed E-state index contributed by atoms with van der Waals surface area (Å²) in [5, 5.41) is 39.2. The Morgan fingerprint density at radius 1 is 1.00 bits per heavy atom. The average molecular weight is 503 g/mol. The van der Waals surface area contributed by atoms with Gasteiger partial charge in [0.05, 0.1) is 19.0 Å². The number of aliphatic hydroxyl groups excluding tert-OH is 1. The number of phenols is 1. The molecule has 36 heavy (non-hydrogen) atoms. The number of benzene rings is 1. The first kappa shape index (κ1) is 26.6. The van der Waals surface area contributed by atoms with Crippen molar-refractivity contribution in [3.05, 3.63) is 48.0 Å². The molecule has 0 bridgehead atoms. The van der Waals surface area contributed by atoms with Crippen LogP contribution in [0, 0.1) is 0 Å². The maximum Gasteiger partial charge on any atom is 0.326 e. The number of aromatic nitrogens is 2. The molecular formula is C23H30N6O7. The van der Waals surface area contributed by atoms with Gasteiger partial charge in [-0.15, -0.1) is 0 Å². The van der Waals surface area contributed by atoms with Crippen molar-refractivity contribution in [2.45, 2.75) is 49.9 Å². The van der Waals surface area contributed by atoms with Crippen molar-refractivity contribution in [3.8, 4) is 5.75 Å². The molecule has 13 nitrogen and oxygen atoms in total. The second kappa shape index (κ2) is 12.7. The van der Waals surface area contributed by atoms with E-state index in [1.165, 1.54) is 24.7 Å². The summed E-state index contributed by atoms with van der Waals surface area (Å²) in [5.41, 5.74) is 1.07. The first-order chi connectivity index (χ1) is 17.3. The molecule has 2 heterocycles. The number of rotatable bonds is 12. The smallest absolute Gasteiger partial charge is 0.326 e. The summed E-state index contributed by atoms with van der Waals surface area (Å²) in [6.07, 6.45) is 4.13. The van der Waals surface area contributed by atoms with Crippen LogP contribution in [0.4, 0.5) is 0 Å². The molecule has 194 valence electrons. The van der Waals surface area contributed by atoms with Gasteiger partial charge in [0, 0.05) is 24.7 Å². The van der Waals surface area contributed by atoms with E-state index in [1.54, 1.807) is 12.1 Å². The van der Waals surface area contributed by atoms with Crippen LogP contribution < -0.4 is 21.3 Å². The van der Waals surface area contributed by atoms with Gasteiger partial charge in [-0.25, -0.2) is 9.78 Å². The Morgan fingerprint density at radius 3 is 2.28 bits per heavy atom. The summed E-state index contributed by atoms with van der Waals surface area (Å²) in [6.45, 7) is -0.0261. The van der Waals surface area contributed by atoms with Crippen molar-refractivity contribution in [1.29, 1.82) is 0 Å². The fourth-order valence-corrected chi connectivity index (χ4v) is 3.81. The highest BCUT2D eigenvalue weighted by Gasteiger charge is 2.31. The van der Waals surface area contributed by atoms with Crippen LogP contribution in [0.5, 0.6) is 5.75 Å². The Morgan fingerprint density at radius 2 is 1.69 bits per heavy atom. The SMILES string of the molecule is O=C(O)C(Cc1cnc[nH]1)NC(=O)C(Cc1ccc(O)cc1)NC(=O)C(CO)NC(=O)C1CCCN1. The molecule has 2 aromatic rings. The highest BCUT2D eigenvalue weighted by Crippen LogP contribution is 2.12. The highest BCUT2D eigenvalue weighted by molar-refractivity contribution is 5.94. The van der Waals surface area contributed by atoms with E-state index >= 15 is 0 Å². The Kier molecular flexibility index (Phi) is 9.36. The van der Waals surface area contributed by atoms with Gasteiger partial charge >= 0.3 is 5.97 Å². The average Bonchev–Trinajstić information content (AvgIpc) is 3.57. The second-order valence-electron chi connectivity index (χ2n) is 8.50. The lowest BCUT2D eigenvalue weighted by atomic mass is 10.0. The molecule has 13 heteroatoms. The number of hydrogen-bond acceptors (Lipinski definition) is 8. The summed E-state index contributed by atoms with van der Waals surface area (Å²) in [7, 11) is 0. The van der Waals surface area contributed by atoms with Crippen molar-refractivity contribution in [2.24, 2.45) is 0 Å². The van der Waals surface area contributed by atoms with Crippen molar-refractivity contribution < 1.29 is 34.5 Å².